The van der Waals surface area contributed by atoms with E-state index in [1.807, 2.05) is 0 Å². The molecular formula is C4H9N3O4. The van der Waals surface area contributed by atoms with Gasteiger partial charge in [0.1, 0.15) is 6.04 Å². The molecule has 0 fully saturated rings. The van der Waals surface area contributed by atoms with Crippen LogP contribution < -0.4 is 5.73 Å². The highest BCUT2D eigenvalue weighted by atomic mass is 16.6. The molecule has 0 bridgehead atoms. The Labute approximate surface area is 62.3 Å². The van der Waals surface area contributed by atoms with E-state index in [1.165, 1.54) is 0 Å². The minimum absolute atomic E-state index is 0.0389. The van der Waals surface area contributed by atoms with E-state index in [0.717, 1.165) is 0 Å². The highest BCUT2D eigenvalue weighted by Crippen LogP contribution is 1.88. The van der Waals surface area contributed by atoms with Crippen LogP contribution in [0.2, 0.25) is 0 Å². The molecule has 0 radical (unpaired) electrons. The molecule has 7 nitrogen and oxygen atoms in total. The molecule has 0 aromatic carbocycles. The van der Waals surface area contributed by atoms with Crippen molar-refractivity contribution < 1.29 is 20.0 Å². The van der Waals surface area contributed by atoms with Crippen molar-refractivity contribution in [3.63, 3.8) is 0 Å². The first-order valence-electron chi connectivity index (χ1n) is 2.86. The molecule has 0 saturated carbocycles. The normalized spacial score (nSPS) is 14.5. The van der Waals surface area contributed by atoms with Crippen LogP contribution in [0.4, 0.5) is 0 Å². The second-order valence-corrected chi connectivity index (χ2v) is 1.90. The van der Waals surface area contributed by atoms with Crippen LogP contribution in [-0.4, -0.2) is 33.7 Å². The third kappa shape index (κ3) is 4.09. The Kier molecular flexibility index (Phi) is 3.89. The van der Waals surface area contributed by atoms with Crippen LogP contribution in [0, 0.1) is 5.21 Å². The van der Waals surface area contributed by atoms with Gasteiger partial charge in [0.2, 0.25) is 0 Å². The molecule has 0 heterocycles. The largest absolute Gasteiger partial charge is 0.597 e. The van der Waals surface area contributed by atoms with Crippen molar-refractivity contribution in [3.05, 3.63) is 5.21 Å². The molecule has 4 N–H and O–H groups in total. The zero-order chi connectivity index (χ0) is 8.85. The average Bonchev–Trinajstić information content (AvgIpc) is 1.99. The molecule has 0 spiro atoms. The predicted octanol–water partition coefficient (Wildman–Crippen LogP) is -0.860. The first-order valence-corrected chi connectivity index (χ1v) is 2.86. The molecule has 64 valence electrons. The van der Waals surface area contributed by atoms with Crippen LogP contribution in [0.25, 0.3) is 0 Å². The van der Waals surface area contributed by atoms with Gasteiger partial charge in [0.05, 0.1) is 0 Å². The van der Waals surface area contributed by atoms with Crippen LogP contribution >= 0.6 is 0 Å². The third-order valence-electron chi connectivity index (χ3n) is 1.05. The molecule has 1 atom stereocenters. The number of nitrogens with two attached hydrogens (primary N) is 1. The lowest BCUT2D eigenvalue weighted by molar-refractivity contribution is -0.556. The Morgan fingerprint density at radius 3 is 2.73 bits per heavy atom. The Morgan fingerprint density at radius 1 is 1.82 bits per heavy atom. The van der Waals surface area contributed by atoms with Gasteiger partial charge in [-0.25, -0.2) is 0 Å². The molecule has 0 aromatic heterocycles. The fourth-order valence-corrected chi connectivity index (χ4v) is 0.418. The molecule has 0 aliphatic heterocycles. The van der Waals surface area contributed by atoms with Crippen molar-refractivity contribution in [2.75, 3.05) is 6.54 Å². The Morgan fingerprint density at radius 2 is 2.36 bits per heavy atom. The summed E-state index contributed by atoms with van der Waals surface area (Å²) in [6, 6.07) is -1.09. The number of hydrogen-bond donors (Lipinski definition) is 3. The highest BCUT2D eigenvalue weighted by molar-refractivity contribution is 5.72. The summed E-state index contributed by atoms with van der Waals surface area (Å²) in [6.45, 7) is -0.232. The van der Waals surface area contributed by atoms with Crippen LogP contribution in [0.1, 0.15) is 6.42 Å². The minimum atomic E-state index is -1.18. The topological polar surface area (TPSA) is 122 Å². The molecule has 0 saturated heterocycles. The second-order valence-electron chi connectivity index (χ2n) is 1.90. The van der Waals surface area contributed by atoms with Gasteiger partial charge in [-0.1, -0.05) is 4.86 Å². The summed E-state index contributed by atoms with van der Waals surface area (Å²) in [5.41, 5.74) is 5.03. The van der Waals surface area contributed by atoms with E-state index in [9.17, 15) is 10.0 Å². The van der Waals surface area contributed by atoms with Gasteiger partial charge in [-0.2, -0.15) is 0 Å². The van der Waals surface area contributed by atoms with Gasteiger partial charge in [0.25, 0.3) is 0 Å². The number of aliphatic carboxylic acids is 1. The van der Waals surface area contributed by atoms with Crippen molar-refractivity contribution in [1.82, 2.24) is 0 Å². The lowest BCUT2D eigenvalue weighted by Gasteiger charge is -2.02. The number of carboxylic acids is 1. The lowest BCUT2D eigenvalue weighted by Crippen LogP contribution is -2.32. The number of rotatable bonds is 4. The smallest absolute Gasteiger partial charge is 0.320 e. The molecule has 0 aliphatic rings. The van der Waals surface area contributed by atoms with Crippen molar-refractivity contribution in [3.8, 4) is 0 Å². The molecule has 0 unspecified atom stereocenters. The fourth-order valence-electron chi connectivity index (χ4n) is 0.418. The van der Waals surface area contributed by atoms with E-state index in [0.29, 0.717) is 0 Å². The molecule has 0 aliphatic carbocycles. The Balaban J connectivity index is 3.62. The molecule has 0 amide bonds. The van der Waals surface area contributed by atoms with Crippen molar-refractivity contribution in [1.29, 1.82) is 0 Å². The number of hydrogen-bond acceptors (Lipinski definition) is 4. The Hall–Kier alpha value is -1.37. The SMILES string of the molecule is N[C@@H](CC[N+]([O-])=NO)C(=O)O. The standard InChI is InChI=1S/C4H9N3O4/c5-3(4(8)9)1-2-7(11)6-10/h3,10H,1-2,5H2,(H,8,9)/t3-/m0/s1. The number of nitrogens with zero attached hydrogens (tertiary/aromatic N) is 2. The van der Waals surface area contributed by atoms with Crippen molar-refractivity contribution in [2.24, 2.45) is 11.0 Å². The quantitative estimate of drug-likeness (QED) is 0.283. The second kappa shape index (κ2) is 4.45. The molecule has 0 rings (SSSR count). The van der Waals surface area contributed by atoms with Crippen LogP contribution in [0.15, 0.2) is 5.28 Å². The van der Waals surface area contributed by atoms with Crippen molar-refractivity contribution >= 4 is 5.97 Å². The summed E-state index contributed by atoms with van der Waals surface area (Å²) in [4.78, 5) is 10.0. The van der Waals surface area contributed by atoms with E-state index in [-0.39, 0.29) is 17.8 Å². The minimum Gasteiger partial charge on any atom is -0.597 e. The zero-order valence-electron chi connectivity index (χ0n) is 5.67. The van der Waals surface area contributed by atoms with E-state index < -0.39 is 12.0 Å². The van der Waals surface area contributed by atoms with Crippen LogP contribution in [0.3, 0.4) is 0 Å². The summed E-state index contributed by atoms with van der Waals surface area (Å²) < 4.78 is 0. The molecular weight excluding hydrogens is 154 g/mol. The number of hydroxylamine groups is 1. The maximum Gasteiger partial charge on any atom is 0.320 e. The first-order chi connectivity index (χ1) is 5.07. The van der Waals surface area contributed by atoms with Gasteiger partial charge >= 0.3 is 5.97 Å². The Bertz CT molecular complexity index is 169. The third-order valence-corrected chi connectivity index (χ3v) is 1.05. The summed E-state index contributed by atoms with van der Waals surface area (Å²) in [7, 11) is 0. The van der Waals surface area contributed by atoms with Gasteiger partial charge in [-0.3, -0.25) is 4.79 Å². The molecule has 11 heavy (non-hydrogen) atoms. The highest BCUT2D eigenvalue weighted by Gasteiger charge is 2.13. The van der Waals surface area contributed by atoms with Gasteiger partial charge in [0.15, 0.2) is 11.8 Å². The zero-order valence-corrected chi connectivity index (χ0v) is 5.67. The maximum atomic E-state index is 10.2. The van der Waals surface area contributed by atoms with Gasteiger partial charge in [-0.15, -0.1) is 0 Å². The van der Waals surface area contributed by atoms with Crippen LogP contribution in [0.5, 0.6) is 0 Å². The van der Waals surface area contributed by atoms with E-state index in [2.05, 4.69) is 5.28 Å². The molecule has 0 aromatic rings. The summed E-state index contributed by atoms with van der Waals surface area (Å²) in [6.07, 6.45) is -0.0527. The number of carboxylic acid groups (broad SMARTS) is 1. The summed E-state index contributed by atoms with van der Waals surface area (Å²) >= 11 is 0. The summed E-state index contributed by atoms with van der Waals surface area (Å²) in [5.74, 6) is -1.18. The van der Waals surface area contributed by atoms with Crippen LogP contribution in [-0.2, 0) is 4.79 Å². The van der Waals surface area contributed by atoms with E-state index in [4.69, 9.17) is 16.0 Å². The molecule has 7 heteroatoms. The van der Waals surface area contributed by atoms with Gasteiger partial charge < -0.3 is 21.3 Å². The summed E-state index contributed by atoms with van der Waals surface area (Å²) in [5, 5.41) is 28.5. The average molecular weight is 163 g/mol. The lowest BCUT2D eigenvalue weighted by atomic mass is 10.2. The number of carbonyl (C=O) groups is 1. The van der Waals surface area contributed by atoms with E-state index >= 15 is 0 Å². The fraction of sp³-hybridized carbons (Fsp3) is 0.750. The van der Waals surface area contributed by atoms with E-state index in [1.54, 1.807) is 0 Å². The first kappa shape index (κ1) is 9.63. The van der Waals surface area contributed by atoms with Crippen molar-refractivity contribution in [2.45, 2.75) is 12.5 Å². The predicted molar refractivity (Wildman–Crippen MR) is 32.9 cm³/mol. The monoisotopic (exact) mass is 163 g/mol. The van der Waals surface area contributed by atoms with Gasteiger partial charge in [-0.05, 0) is 0 Å². The maximum absolute atomic E-state index is 10.2. The van der Waals surface area contributed by atoms with Gasteiger partial charge in [0, 0.05) is 6.42 Å².